The van der Waals surface area contributed by atoms with Crippen molar-refractivity contribution in [1.82, 2.24) is 0 Å². The predicted molar refractivity (Wildman–Crippen MR) is 96.5 cm³/mol. The molecule has 0 aliphatic rings. The molecular formula is C16H11Br2ClS. The highest BCUT2D eigenvalue weighted by atomic mass is 79.9. The molecule has 0 spiro atoms. The van der Waals surface area contributed by atoms with Crippen LogP contribution in [-0.4, -0.2) is 0 Å². The van der Waals surface area contributed by atoms with Crippen LogP contribution in [0.5, 0.6) is 0 Å². The van der Waals surface area contributed by atoms with Crippen molar-refractivity contribution in [2.24, 2.45) is 0 Å². The molecule has 0 saturated carbocycles. The molecule has 3 aromatic rings. The van der Waals surface area contributed by atoms with Crippen LogP contribution < -0.4 is 0 Å². The molecule has 0 amide bonds. The van der Waals surface area contributed by atoms with E-state index in [1.165, 1.54) is 16.3 Å². The van der Waals surface area contributed by atoms with Gasteiger partial charge in [-0.1, -0.05) is 73.8 Å². The fraction of sp³-hybridized carbons (Fsp3) is 0.125. The molecule has 1 aromatic heterocycles. The van der Waals surface area contributed by atoms with Crippen LogP contribution >= 0.6 is 54.8 Å². The van der Waals surface area contributed by atoms with Crippen molar-refractivity contribution in [2.75, 3.05) is 0 Å². The van der Waals surface area contributed by atoms with Gasteiger partial charge in [-0.25, -0.2) is 0 Å². The molecule has 0 N–H and O–H groups in total. The maximum atomic E-state index is 6.41. The highest BCUT2D eigenvalue weighted by Gasteiger charge is 2.19. The van der Waals surface area contributed by atoms with Crippen LogP contribution in [-0.2, 0) is 0 Å². The SMILES string of the molecule is Cc1csc(C(Br)c2ccc(Br)c3ccccc23)c1Cl. The van der Waals surface area contributed by atoms with Gasteiger partial charge in [-0.2, -0.15) is 0 Å². The Morgan fingerprint density at radius 1 is 1.10 bits per heavy atom. The largest absolute Gasteiger partial charge is 0.145 e. The monoisotopic (exact) mass is 428 g/mol. The predicted octanol–water partition coefficient (Wildman–Crippen LogP) is 7.11. The second-order valence-electron chi connectivity index (χ2n) is 4.64. The number of hydrogen-bond donors (Lipinski definition) is 0. The molecule has 1 atom stereocenters. The van der Waals surface area contributed by atoms with Crippen LogP contribution in [0.1, 0.15) is 20.8 Å². The Labute approximate surface area is 144 Å². The number of thiophene rings is 1. The van der Waals surface area contributed by atoms with E-state index >= 15 is 0 Å². The lowest BCUT2D eigenvalue weighted by atomic mass is 10.0. The third-order valence-corrected chi connectivity index (χ3v) is 7.06. The Hall–Kier alpha value is -0.350. The zero-order valence-corrected chi connectivity index (χ0v) is 15.4. The maximum absolute atomic E-state index is 6.41. The fourth-order valence-electron chi connectivity index (χ4n) is 2.27. The lowest BCUT2D eigenvalue weighted by Gasteiger charge is -2.13. The van der Waals surface area contributed by atoms with Gasteiger partial charge >= 0.3 is 0 Å². The van der Waals surface area contributed by atoms with Gasteiger partial charge in [0.15, 0.2) is 0 Å². The number of alkyl halides is 1. The molecule has 0 nitrogen and oxygen atoms in total. The third-order valence-electron chi connectivity index (χ3n) is 3.33. The van der Waals surface area contributed by atoms with Crippen LogP contribution in [0.4, 0.5) is 0 Å². The van der Waals surface area contributed by atoms with E-state index in [1.807, 2.05) is 6.92 Å². The van der Waals surface area contributed by atoms with Crippen molar-refractivity contribution < 1.29 is 0 Å². The molecular weight excluding hydrogens is 420 g/mol. The van der Waals surface area contributed by atoms with Gasteiger partial charge in [0, 0.05) is 9.35 Å². The number of rotatable bonds is 2. The van der Waals surface area contributed by atoms with E-state index < -0.39 is 0 Å². The Bertz CT molecular complexity index is 779. The van der Waals surface area contributed by atoms with E-state index in [0.29, 0.717) is 0 Å². The van der Waals surface area contributed by atoms with Crippen molar-refractivity contribution >= 4 is 65.6 Å². The van der Waals surface area contributed by atoms with Gasteiger partial charge in [0.2, 0.25) is 0 Å². The molecule has 0 fully saturated rings. The van der Waals surface area contributed by atoms with Crippen molar-refractivity contribution in [2.45, 2.75) is 11.8 Å². The van der Waals surface area contributed by atoms with Crippen molar-refractivity contribution in [1.29, 1.82) is 0 Å². The van der Waals surface area contributed by atoms with Crippen molar-refractivity contribution in [3.8, 4) is 0 Å². The first-order valence-electron chi connectivity index (χ1n) is 6.14. The lowest BCUT2D eigenvalue weighted by Crippen LogP contribution is -1.93. The van der Waals surface area contributed by atoms with Crippen LogP contribution in [0, 0.1) is 6.92 Å². The number of halogens is 3. The Morgan fingerprint density at radius 2 is 1.80 bits per heavy atom. The molecule has 0 saturated heterocycles. The van der Waals surface area contributed by atoms with Gasteiger partial charge in [-0.15, -0.1) is 11.3 Å². The number of aryl methyl sites for hydroxylation is 1. The lowest BCUT2D eigenvalue weighted by molar-refractivity contribution is 1.24. The minimum Gasteiger partial charge on any atom is -0.145 e. The minimum atomic E-state index is 0.117. The number of benzene rings is 2. The van der Waals surface area contributed by atoms with Gasteiger partial charge in [0.25, 0.3) is 0 Å². The number of fused-ring (bicyclic) bond motifs is 1. The summed E-state index contributed by atoms with van der Waals surface area (Å²) in [6.07, 6.45) is 0. The summed E-state index contributed by atoms with van der Waals surface area (Å²) in [5.41, 5.74) is 2.38. The van der Waals surface area contributed by atoms with Gasteiger partial charge in [0.1, 0.15) is 0 Å². The first-order chi connectivity index (χ1) is 9.59. The Balaban J connectivity index is 2.20. The highest BCUT2D eigenvalue weighted by molar-refractivity contribution is 9.10. The summed E-state index contributed by atoms with van der Waals surface area (Å²) in [6.45, 7) is 2.04. The maximum Gasteiger partial charge on any atom is 0.0759 e. The molecule has 20 heavy (non-hydrogen) atoms. The van der Waals surface area contributed by atoms with E-state index in [9.17, 15) is 0 Å². The topological polar surface area (TPSA) is 0 Å². The van der Waals surface area contributed by atoms with E-state index in [0.717, 1.165) is 19.9 Å². The first-order valence-corrected chi connectivity index (χ1v) is 9.11. The van der Waals surface area contributed by atoms with Crippen molar-refractivity contribution in [3.63, 3.8) is 0 Å². The van der Waals surface area contributed by atoms with Crippen molar-refractivity contribution in [3.05, 3.63) is 67.3 Å². The third kappa shape index (κ3) is 2.45. The Morgan fingerprint density at radius 3 is 2.45 bits per heavy atom. The van der Waals surface area contributed by atoms with Gasteiger partial charge in [0.05, 0.1) is 9.85 Å². The summed E-state index contributed by atoms with van der Waals surface area (Å²) in [4.78, 5) is 1.28. The molecule has 4 heteroatoms. The molecule has 0 aliphatic heterocycles. The average molecular weight is 431 g/mol. The molecule has 2 aromatic carbocycles. The summed E-state index contributed by atoms with van der Waals surface area (Å²) < 4.78 is 1.12. The summed E-state index contributed by atoms with van der Waals surface area (Å²) in [7, 11) is 0. The second kappa shape index (κ2) is 5.80. The highest BCUT2D eigenvalue weighted by Crippen LogP contribution is 2.43. The molecule has 102 valence electrons. The quantitative estimate of drug-likeness (QED) is 0.380. The van der Waals surface area contributed by atoms with Gasteiger partial charge in [-0.3, -0.25) is 0 Å². The molecule has 3 rings (SSSR count). The molecule has 1 unspecified atom stereocenters. The second-order valence-corrected chi connectivity index (χ2v) is 7.70. The zero-order valence-electron chi connectivity index (χ0n) is 10.7. The van der Waals surface area contributed by atoms with Crippen LogP contribution in [0.25, 0.3) is 10.8 Å². The molecule has 0 radical (unpaired) electrons. The van der Waals surface area contributed by atoms with Gasteiger partial charge < -0.3 is 0 Å². The summed E-state index contributed by atoms with van der Waals surface area (Å²) >= 11 is 15.5. The summed E-state index contributed by atoms with van der Waals surface area (Å²) in [5, 5.41) is 5.43. The van der Waals surface area contributed by atoms with Gasteiger partial charge in [-0.05, 0) is 40.3 Å². The smallest absolute Gasteiger partial charge is 0.0759 e. The minimum absolute atomic E-state index is 0.117. The first kappa shape index (κ1) is 14.6. The molecule has 0 aliphatic carbocycles. The van der Waals surface area contributed by atoms with E-state index in [2.05, 4.69) is 73.6 Å². The van der Waals surface area contributed by atoms with E-state index in [-0.39, 0.29) is 4.83 Å². The number of hydrogen-bond acceptors (Lipinski definition) is 1. The molecule has 0 bridgehead atoms. The summed E-state index contributed by atoms with van der Waals surface area (Å²) in [6, 6.07) is 12.7. The van der Waals surface area contributed by atoms with Crippen LogP contribution in [0.3, 0.4) is 0 Å². The van der Waals surface area contributed by atoms with E-state index in [4.69, 9.17) is 11.6 Å². The van der Waals surface area contributed by atoms with E-state index in [1.54, 1.807) is 11.3 Å². The fourth-order valence-corrected chi connectivity index (χ4v) is 5.12. The van der Waals surface area contributed by atoms with Crippen LogP contribution in [0.15, 0.2) is 46.3 Å². The standard InChI is InChI=1S/C16H11Br2ClS/c1-9-8-20-16(15(9)19)14(18)12-6-7-13(17)11-5-3-2-4-10(11)12/h2-8,14H,1H3. The molecule has 1 heterocycles. The summed E-state index contributed by atoms with van der Waals surface area (Å²) in [5.74, 6) is 0. The van der Waals surface area contributed by atoms with Crippen LogP contribution in [0.2, 0.25) is 5.02 Å². The zero-order chi connectivity index (χ0) is 14.3. The normalized spacial score (nSPS) is 12.8. The average Bonchev–Trinajstić information content (AvgIpc) is 2.79. The Kier molecular flexibility index (Phi) is 4.23.